The Bertz CT molecular complexity index is 784. The lowest BCUT2D eigenvalue weighted by Gasteiger charge is -2.08. The van der Waals surface area contributed by atoms with Gasteiger partial charge in [-0.1, -0.05) is 36.0 Å². The predicted octanol–water partition coefficient (Wildman–Crippen LogP) is 3.98. The van der Waals surface area contributed by atoms with Crippen molar-refractivity contribution in [3.8, 4) is 0 Å². The lowest BCUT2D eigenvalue weighted by Crippen LogP contribution is -1.97. The largest absolute Gasteiger partial charge is 0.381 e. The number of rotatable bonds is 2. The van der Waals surface area contributed by atoms with E-state index in [1.54, 1.807) is 11.8 Å². The highest BCUT2D eigenvalue weighted by atomic mass is 32.2. The van der Waals surface area contributed by atoms with Crippen LogP contribution in [-0.4, -0.2) is 9.97 Å². The molecule has 0 amide bonds. The van der Waals surface area contributed by atoms with E-state index in [1.807, 2.05) is 24.3 Å². The van der Waals surface area contributed by atoms with E-state index in [4.69, 9.17) is 5.73 Å². The Morgan fingerprint density at radius 2 is 1.65 bits per heavy atom. The van der Waals surface area contributed by atoms with E-state index in [-0.39, 0.29) is 0 Å². The lowest BCUT2D eigenvalue weighted by molar-refractivity contribution is 1.13. The lowest BCUT2D eigenvalue weighted by atomic mass is 10.2. The third-order valence-electron chi connectivity index (χ3n) is 3.11. The summed E-state index contributed by atoms with van der Waals surface area (Å²) in [6.45, 7) is 4.17. The smallest absolute Gasteiger partial charge is 0.157 e. The molecule has 1 aromatic heterocycles. The fourth-order valence-corrected chi connectivity index (χ4v) is 2.97. The van der Waals surface area contributed by atoms with Gasteiger partial charge in [0.2, 0.25) is 0 Å². The van der Waals surface area contributed by atoms with Gasteiger partial charge in [-0.2, -0.15) is 0 Å². The van der Waals surface area contributed by atoms with Crippen LogP contribution in [0.2, 0.25) is 0 Å². The molecule has 3 aromatic rings. The maximum absolute atomic E-state index is 6.03. The number of fused-ring (bicyclic) bond motifs is 1. The van der Waals surface area contributed by atoms with Gasteiger partial charge < -0.3 is 5.73 Å². The molecular weight excluding hydrogens is 266 g/mol. The molecule has 20 heavy (non-hydrogen) atoms. The first-order valence-electron chi connectivity index (χ1n) is 6.41. The number of hydrogen-bond donors (Lipinski definition) is 1. The Hall–Kier alpha value is -2.07. The summed E-state index contributed by atoms with van der Waals surface area (Å²) in [5, 5.41) is 0.761. The van der Waals surface area contributed by atoms with Gasteiger partial charge in [-0.25, -0.2) is 9.97 Å². The number of aromatic nitrogens is 2. The highest BCUT2D eigenvalue weighted by Gasteiger charge is 2.09. The van der Waals surface area contributed by atoms with E-state index in [0.29, 0.717) is 5.82 Å². The molecule has 0 fully saturated rings. The summed E-state index contributed by atoms with van der Waals surface area (Å²) < 4.78 is 0. The van der Waals surface area contributed by atoms with Gasteiger partial charge in [0.1, 0.15) is 5.03 Å². The molecule has 0 aliphatic heterocycles. The van der Waals surface area contributed by atoms with Crippen molar-refractivity contribution in [2.75, 3.05) is 5.73 Å². The van der Waals surface area contributed by atoms with Gasteiger partial charge in [0.15, 0.2) is 5.82 Å². The van der Waals surface area contributed by atoms with Crippen LogP contribution in [0.4, 0.5) is 5.82 Å². The number of hydrogen-bond acceptors (Lipinski definition) is 4. The van der Waals surface area contributed by atoms with Gasteiger partial charge in [-0.05, 0) is 43.2 Å². The van der Waals surface area contributed by atoms with E-state index < -0.39 is 0 Å². The van der Waals surface area contributed by atoms with E-state index >= 15 is 0 Å². The summed E-state index contributed by atoms with van der Waals surface area (Å²) in [5.74, 6) is 0.481. The molecule has 3 rings (SSSR count). The fourth-order valence-electron chi connectivity index (χ4n) is 1.99. The summed E-state index contributed by atoms with van der Waals surface area (Å²) in [5.41, 5.74) is 10.2. The number of aryl methyl sites for hydroxylation is 2. The Kier molecular flexibility index (Phi) is 3.32. The van der Waals surface area contributed by atoms with Crippen molar-refractivity contribution in [1.29, 1.82) is 0 Å². The number of nitrogen functional groups attached to an aromatic ring is 1. The fraction of sp³-hybridized carbons (Fsp3) is 0.125. The summed E-state index contributed by atoms with van der Waals surface area (Å²) in [6, 6.07) is 14.1. The van der Waals surface area contributed by atoms with E-state index in [9.17, 15) is 0 Å². The average Bonchev–Trinajstić information content (AvgIpc) is 2.43. The highest BCUT2D eigenvalue weighted by molar-refractivity contribution is 7.99. The number of nitrogens with two attached hydrogens (primary N) is 1. The Morgan fingerprint density at radius 3 is 2.40 bits per heavy atom. The Morgan fingerprint density at radius 1 is 0.950 bits per heavy atom. The molecular formula is C16H15N3S. The van der Waals surface area contributed by atoms with Crippen LogP contribution in [0, 0.1) is 13.8 Å². The van der Waals surface area contributed by atoms with Crippen molar-refractivity contribution in [3.05, 3.63) is 53.6 Å². The molecule has 0 bridgehead atoms. The molecule has 0 aliphatic rings. The minimum Gasteiger partial charge on any atom is -0.381 e. The highest BCUT2D eigenvalue weighted by Crippen LogP contribution is 2.33. The molecule has 3 nitrogen and oxygen atoms in total. The second-order valence-corrected chi connectivity index (χ2v) is 5.80. The third-order valence-corrected chi connectivity index (χ3v) is 4.27. The van der Waals surface area contributed by atoms with Crippen molar-refractivity contribution in [2.24, 2.45) is 0 Å². The van der Waals surface area contributed by atoms with Gasteiger partial charge in [0, 0.05) is 4.90 Å². The molecule has 0 spiro atoms. The quantitative estimate of drug-likeness (QED) is 0.772. The van der Waals surface area contributed by atoms with Gasteiger partial charge in [-0.15, -0.1) is 0 Å². The molecule has 0 aliphatic carbocycles. The zero-order valence-electron chi connectivity index (χ0n) is 11.4. The van der Waals surface area contributed by atoms with Crippen molar-refractivity contribution in [1.82, 2.24) is 9.97 Å². The van der Waals surface area contributed by atoms with Crippen molar-refractivity contribution < 1.29 is 0 Å². The van der Waals surface area contributed by atoms with Crippen molar-refractivity contribution in [3.63, 3.8) is 0 Å². The first-order chi connectivity index (χ1) is 9.63. The first-order valence-corrected chi connectivity index (χ1v) is 7.22. The zero-order valence-corrected chi connectivity index (χ0v) is 12.2. The van der Waals surface area contributed by atoms with Gasteiger partial charge >= 0.3 is 0 Å². The van der Waals surface area contributed by atoms with Crippen molar-refractivity contribution >= 4 is 28.6 Å². The third kappa shape index (κ3) is 2.47. The van der Waals surface area contributed by atoms with Gasteiger partial charge in [0.25, 0.3) is 0 Å². The molecule has 4 heteroatoms. The van der Waals surface area contributed by atoms with Gasteiger partial charge in [0.05, 0.1) is 11.0 Å². The van der Waals surface area contributed by atoms with Crippen LogP contribution in [0.1, 0.15) is 11.1 Å². The Labute approximate surface area is 122 Å². The van der Waals surface area contributed by atoms with Crippen molar-refractivity contribution in [2.45, 2.75) is 23.8 Å². The zero-order chi connectivity index (χ0) is 14.1. The van der Waals surface area contributed by atoms with Gasteiger partial charge in [-0.3, -0.25) is 0 Å². The van der Waals surface area contributed by atoms with Crippen LogP contribution in [0.25, 0.3) is 11.0 Å². The minimum atomic E-state index is 0.481. The van der Waals surface area contributed by atoms with Crippen LogP contribution in [0.5, 0.6) is 0 Å². The molecule has 2 aromatic carbocycles. The second kappa shape index (κ2) is 5.13. The summed E-state index contributed by atoms with van der Waals surface area (Å²) in [4.78, 5) is 10.2. The predicted molar refractivity (Wildman–Crippen MR) is 84.0 cm³/mol. The van der Waals surface area contributed by atoms with E-state index in [2.05, 4.69) is 42.0 Å². The number of anilines is 1. The standard InChI is InChI=1S/C16H15N3S/c1-10-7-8-11(2)14(9-10)20-16-15(17)18-12-5-3-4-6-13(12)19-16/h3-9H,1-2H3,(H2,17,18). The normalized spacial score (nSPS) is 10.9. The maximum Gasteiger partial charge on any atom is 0.157 e. The van der Waals surface area contributed by atoms with Crippen LogP contribution in [0.15, 0.2) is 52.4 Å². The molecule has 0 radical (unpaired) electrons. The second-order valence-electron chi connectivity index (χ2n) is 4.77. The molecule has 0 unspecified atom stereocenters. The molecule has 2 N–H and O–H groups in total. The monoisotopic (exact) mass is 281 g/mol. The maximum atomic E-state index is 6.03. The average molecular weight is 281 g/mol. The van der Waals surface area contributed by atoms with Crippen LogP contribution < -0.4 is 5.73 Å². The van der Waals surface area contributed by atoms with Crippen LogP contribution in [-0.2, 0) is 0 Å². The first kappa shape index (κ1) is 12.9. The summed E-state index contributed by atoms with van der Waals surface area (Å²) in [7, 11) is 0. The van der Waals surface area contributed by atoms with Crippen LogP contribution in [0.3, 0.4) is 0 Å². The number of para-hydroxylation sites is 2. The van der Waals surface area contributed by atoms with E-state index in [1.165, 1.54) is 16.0 Å². The minimum absolute atomic E-state index is 0.481. The van der Waals surface area contributed by atoms with E-state index in [0.717, 1.165) is 16.1 Å². The molecule has 100 valence electrons. The SMILES string of the molecule is Cc1ccc(C)c(Sc2nc3ccccc3nc2N)c1. The number of benzene rings is 2. The summed E-state index contributed by atoms with van der Waals surface area (Å²) in [6.07, 6.45) is 0. The summed E-state index contributed by atoms with van der Waals surface area (Å²) >= 11 is 1.57. The van der Waals surface area contributed by atoms with Crippen LogP contribution >= 0.6 is 11.8 Å². The topological polar surface area (TPSA) is 51.8 Å². The molecule has 1 heterocycles. The Balaban J connectivity index is 2.06. The molecule has 0 saturated carbocycles. The molecule has 0 atom stereocenters. The molecule has 0 saturated heterocycles. The number of nitrogens with zero attached hydrogens (tertiary/aromatic N) is 2.